The maximum atomic E-state index is 12.3. The summed E-state index contributed by atoms with van der Waals surface area (Å²) in [5.74, 6) is 0.430. The third-order valence-electron chi connectivity index (χ3n) is 4.20. The lowest BCUT2D eigenvalue weighted by atomic mass is 9.79. The van der Waals surface area contributed by atoms with Crippen LogP contribution in [0.2, 0.25) is 0 Å². The Kier molecular flexibility index (Phi) is 4.73. The van der Waals surface area contributed by atoms with Crippen molar-refractivity contribution in [2.75, 3.05) is 13.7 Å². The third-order valence-corrected chi connectivity index (χ3v) is 5.04. The van der Waals surface area contributed by atoms with Gasteiger partial charge in [-0.2, -0.15) is 0 Å². The number of nitrogens with zero attached hydrogens (tertiary/aromatic N) is 1. The second-order valence-electron chi connectivity index (χ2n) is 7.18. The molecule has 0 spiro atoms. The summed E-state index contributed by atoms with van der Waals surface area (Å²) < 4.78 is 5.04. The number of ether oxygens (including phenoxy) is 1. The van der Waals surface area contributed by atoms with E-state index in [0.29, 0.717) is 18.9 Å². The molecule has 1 aliphatic rings. The molecule has 1 saturated carbocycles. The molecule has 5 heteroatoms. The van der Waals surface area contributed by atoms with E-state index < -0.39 is 5.41 Å². The molecule has 118 valence electrons. The Morgan fingerprint density at radius 3 is 2.57 bits per heavy atom. The molecule has 1 heterocycles. The molecule has 1 aliphatic carbocycles. The van der Waals surface area contributed by atoms with E-state index >= 15 is 0 Å². The van der Waals surface area contributed by atoms with Crippen LogP contribution in [-0.2, 0) is 21.4 Å². The minimum Gasteiger partial charge on any atom is -0.469 e. The monoisotopic (exact) mass is 310 g/mol. The molecule has 0 amide bonds. The Bertz CT molecular complexity index is 503. The van der Waals surface area contributed by atoms with Gasteiger partial charge in [-0.3, -0.25) is 4.79 Å². The quantitative estimate of drug-likeness (QED) is 0.821. The van der Waals surface area contributed by atoms with Crippen LogP contribution in [0.3, 0.4) is 0 Å². The highest BCUT2D eigenvalue weighted by Gasteiger charge is 2.44. The number of hydrogen-bond acceptors (Lipinski definition) is 5. The van der Waals surface area contributed by atoms with Gasteiger partial charge in [0, 0.05) is 23.8 Å². The van der Waals surface area contributed by atoms with E-state index in [9.17, 15) is 4.79 Å². The van der Waals surface area contributed by atoms with Crippen LogP contribution in [0.4, 0.5) is 0 Å². The van der Waals surface area contributed by atoms with E-state index in [1.807, 2.05) is 0 Å². The second kappa shape index (κ2) is 6.05. The van der Waals surface area contributed by atoms with Gasteiger partial charge in [0.05, 0.1) is 23.2 Å². The number of aromatic nitrogens is 1. The molecule has 2 rings (SSSR count). The summed E-state index contributed by atoms with van der Waals surface area (Å²) in [6.07, 6.45) is 3.81. The lowest BCUT2D eigenvalue weighted by molar-refractivity contribution is -0.153. The molecule has 0 radical (unpaired) electrons. The van der Waals surface area contributed by atoms with Crippen molar-refractivity contribution in [2.24, 2.45) is 17.1 Å². The molecular weight excluding hydrogens is 284 g/mol. The fraction of sp³-hybridized carbons (Fsp3) is 0.750. The lowest BCUT2D eigenvalue weighted by Crippen LogP contribution is -2.42. The van der Waals surface area contributed by atoms with Gasteiger partial charge in [0.25, 0.3) is 0 Å². The molecular formula is C16H26N2O2S. The first-order valence-corrected chi connectivity index (χ1v) is 8.42. The van der Waals surface area contributed by atoms with Crippen LogP contribution in [0, 0.1) is 11.3 Å². The zero-order valence-electron chi connectivity index (χ0n) is 13.4. The van der Waals surface area contributed by atoms with Gasteiger partial charge in [0.2, 0.25) is 0 Å². The molecule has 0 aromatic carbocycles. The molecule has 0 aliphatic heterocycles. The van der Waals surface area contributed by atoms with Gasteiger partial charge in [0.1, 0.15) is 0 Å². The highest BCUT2D eigenvalue weighted by atomic mass is 32.1. The normalized spacial score (nSPS) is 18.3. The van der Waals surface area contributed by atoms with Crippen molar-refractivity contribution in [3.05, 3.63) is 16.1 Å². The number of methoxy groups -OCH3 is 1. The smallest absolute Gasteiger partial charge is 0.313 e. The molecule has 1 atom stereocenters. The lowest BCUT2D eigenvalue weighted by Gasteiger charge is -2.28. The predicted octanol–water partition coefficient (Wildman–Crippen LogP) is 2.90. The molecule has 4 nitrogen and oxygen atoms in total. The summed E-state index contributed by atoms with van der Waals surface area (Å²) in [4.78, 5) is 17.0. The van der Waals surface area contributed by atoms with E-state index in [1.54, 1.807) is 11.3 Å². The largest absolute Gasteiger partial charge is 0.469 e. The number of carbonyl (C=O) groups is 1. The van der Waals surface area contributed by atoms with E-state index in [0.717, 1.165) is 17.1 Å². The summed E-state index contributed by atoms with van der Waals surface area (Å²) in [6, 6.07) is 0. The number of nitrogens with two attached hydrogens (primary N) is 1. The molecule has 2 N–H and O–H groups in total. The van der Waals surface area contributed by atoms with Gasteiger partial charge in [0.15, 0.2) is 0 Å². The van der Waals surface area contributed by atoms with Crippen LogP contribution in [0.25, 0.3) is 0 Å². The van der Waals surface area contributed by atoms with Crippen LogP contribution >= 0.6 is 11.3 Å². The van der Waals surface area contributed by atoms with Crippen molar-refractivity contribution in [3.63, 3.8) is 0 Å². The summed E-state index contributed by atoms with van der Waals surface area (Å²) in [6.45, 7) is 6.76. The fourth-order valence-corrected chi connectivity index (χ4v) is 3.75. The molecule has 1 unspecified atom stereocenters. The van der Waals surface area contributed by atoms with Crippen LogP contribution in [0.5, 0.6) is 0 Å². The minimum atomic E-state index is -0.608. The molecule has 1 fully saturated rings. The van der Waals surface area contributed by atoms with Crippen molar-refractivity contribution in [2.45, 2.75) is 51.9 Å². The summed E-state index contributed by atoms with van der Waals surface area (Å²) in [5, 5.41) is 3.07. The van der Waals surface area contributed by atoms with Gasteiger partial charge in [-0.05, 0) is 12.3 Å². The molecule has 1 aromatic rings. The first-order chi connectivity index (χ1) is 9.80. The standard InChI is InChI=1S/C16H26N2O2S/c1-15(2,3)12-9-21-13(18-12)8-16(10-17,14(19)20-4)7-11-5-6-11/h9,11H,5-8,10,17H2,1-4H3. The first-order valence-electron chi connectivity index (χ1n) is 7.54. The van der Waals surface area contributed by atoms with E-state index in [4.69, 9.17) is 15.5 Å². The number of carbonyl (C=O) groups excluding carboxylic acids is 1. The molecule has 0 bridgehead atoms. The maximum Gasteiger partial charge on any atom is 0.313 e. The topological polar surface area (TPSA) is 65.2 Å². The first kappa shape index (κ1) is 16.4. The summed E-state index contributed by atoms with van der Waals surface area (Å²) in [5.41, 5.74) is 6.47. The number of thiazole rings is 1. The molecule has 21 heavy (non-hydrogen) atoms. The van der Waals surface area contributed by atoms with Crippen molar-refractivity contribution in [3.8, 4) is 0 Å². The Hall–Kier alpha value is -0.940. The summed E-state index contributed by atoms with van der Waals surface area (Å²) >= 11 is 1.62. The summed E-state index contributed by atoms with van der Waals surface area (Å²) in [7, 11) is 1.45. The Morgan fingerprint density at radius 1 is 1.48 bits per heavy atom. The van der Waals surface area contributed by atoms with Crippen LogP contribution < -0.4 is 5.73 Å². The third kappa shape index (κ3) is 3.83. The Morgan fingerprint density at radius 2 is 2.14 bits per heavy atom. The van der Waals surface area contributed by atoms with Crippen molar-refractivity contribution >= 4 is 17.3 Å². The predicted molar refractivity (Wildman–Crippen MR) is 85.4 cm³/mol. The maximum absolute atomic E-state index is 12.3. The highest BCUT2D eigenvalue weighted by molar-refractivity contribution is 7.09. The highest BCUT2D eigenvalue weighted by Crippen LogP contribution is 2.43. The Labute approximate surface area is 131 Å². The van der Waals surface area contributed by atoms with Gasteiger partial charge < -0.3 is 10.5 Å². The molecule has 1 aromatic heterocycles. The molecule has 0 saturated heterocycles. The van der Waals surface area contributed by atoms with E-state index in [1.165, 1.54) is 20.0 Å². The van der Waals surface area contributed by atoms with Gasteiger partial charge in [-0.25, -0.2) is 4.98 Å². The van der Waals surface area contributed by atoms with Gasteiger partial charge in [-0.15, -0.1) is 11.3 Å². The number of rotatable bonds is 6. The number of hydrogen-bond donors (Lipinski definition) is 1. The minimum absolute atomic E-state index is 0.0296. The van der Waals surface area contributed by atoms with Crippen molar-refractivity contribution < 1.29 is 9.53 Å². The number of esters is 1. The SMILES string of the molecule is COC(=O)C(CN)(Cc1nc(C(C)(C)C)cs1)CC1CC1. The average molecular weight is 310 g/mol. The zero-order chi connectivity index (χ0) is 15.7. The Balaban J connectivity index is 2.21. The van der Waals surface area contributed by atoms with Crippen LogP contribution in [0.1, 0.15) is 50.7 Å². The van der Waals surface area contributed by atoms with E-state index in [-0.39, 0.29) is 11.4 Å². The van der Waals surface area contributed by atoms with Crippen molar-refractivity contribution in [1.82, 2.24) is 4.98 Å². The van der Waals surface area contributed by atoms with Gasteiger partial charge in [-0.1, -0.05) is 33.6 Å². The second-order valence-corrected chi connectivity index (χ2v) is 8.12. The van der Waals surface area contributed by atoms with E-state index in [2.05, 4.69) is 26.2 Å². The average Bonchev–Trinajstić information content (AvgIpc) is 3.10. The van der Waals surface area contributed by atoms with Crippen LogP contribution in [0.15, 0.2) is 5.38 Å². The van der Waals surface area contributed by atoms with Crippen molar-refractivity contribution in [1.29, 1.82) is 0 Å². The fourth-order valence-electron chi connectivity index (χ4n) is 2.58. The zero-order valence-corrected chi connectivity index (χ0v) is 14.3. The van der Waals surface area contributed by atoms with Crippen LogP contribution in [-0.4, -0.2) is 24.6 Å². The van der Waals surface area contributed by atoms with Gasteiger partial charge >= 0.3 is 5.97 Å².